The standard InChI is InChI=1S/C10H14NO3P/c1-10(2)8-13-15(12,11-10)14-9-6-4-3-5-7-9/h3-7H,8H2,1-2H3,(H,11,12)/t15-/m0/s1. The van der Waals surface area contributed by atoms with Crippen molar-refractivity contribution in [2.24, 2.45) is 0 Å². The molecule has 0 spiro atoms. The van der Waals surface area contributed by atoms with Gasteiger partial charge in [-0.3, -0.25) is 4.52 Å². The van der Waals surface area contributed by atoms with E-state index < -0.39 is 7.75 Å². The Balaban J connectivity index is 2.11. The molecule has 0 unspecified atom stereocenters. The highest BCUT2D eigenvalue weighted by atomic mass is 31.2. The van der Waals surface area contributed by atoms with E-state index in [1.165, 1.54) is 0 Å². The van der Waals surface area contributed by atoms with Crippen LogP contribution in [0.15, 0.2) is 30.3 Å². The summed E-state index contributed by atoms with van der Waals surface area (Å²) in [5, 5.41) is 2.87. The number of hydrogen-bond acceptors (Lipinski definition) is 3. The third-order valence-corrected chi connectivity index (χ3v) is 3.80. The topological polar surface area (TPSA) is 47.6 Å². The molecule has 1 atom stereocenters. The minimum absolute atomic E-state index is 0.301. The molecule has 1 aromatic carbocycles. The molecule has 1 N–H and O–H groups in total. The lowest BCUT2D eigenvalue weighted by Gasteiger charge is -2.16. The van der Waals surface area contributed by atoms with Crippen molar-refractivity contribution in [3.05, 3.63) is 30.3 Å². The van der Waals surface area contributed by atoms with Crippen LogP contribution in [0, 0.1) is 0 Å². The van der Waals surface area contributed by atoms with Gasteiger partial charge in [0.15, 0.2) is 0 Å². The number of rotatable bonds is 2. The summed E-state index contributed by atoms with van der Waals surface area (Å²) in [6.45, 7) is 4.22. The summed E-state index contributed by atoms with van der Waals surface area (Å²) in [4.78, 5) is 0. The van der Waals surface area contributed by atoms with Gasteiger partial charge in [0.25, 0.3) is 0 Å². The second-order valence-electron chi connectivity index (χ2n) is 4.17. The first-order valence-corrected chi connectivity index (χ1v) is 6.32. The minimum Gasteiger partial charge on any atom is -0.413 e. The quantitative estimate of drug-likeness (QED) is 0.789. The molecule has 2 rings (SSSR count). The Morgan fingerprint density at radius 1 is 1.40 bits per heavy atom. The van der Waals surface area contributed by atoms with Crippen LogP contribution in [0.3, 0.4) is 0 Å². The zero-order valence-electron chi connectivity index (χ0n) is 8.77. The van der Waals surface area contributed by atoms with E-state index in [0.29, 0.717) is 12.4 Å². The van der Waals surface area contributed by atoms with Gasteiger partial charge in [0, 0.05) is 5.54 Å². The maximum absolute atomic E-state index is 12.0. The maximum atomic E-state index is 12.0. The van der Waals surface area contributed by atoms with E-state index in [-0.39, 0.29) is 5.54 Å². The number of benzene rings is 1. The molecule has 1 aliphatic heterocycles. The van der Waals surface area contributed by atoms with Gasteiger partial charge >= 0.3 is 7.75 Å². The highest BCUT2D eigenvalue weighted by Crippen LogP contribution is 2.50. The zero-order valence-corrected chi connectivity index (χ0v) is 9.66. The van der Waals surface area contributed by atoms with Crippen molar-refractivity contribution in [1.82, 2.24) is 5.09 Å². The van der Waals surface area contributed by atoms with Gasteiger partial charge in [-0.1, -0.05) is 18.2 Å². The molecule has 15 heavy (non-hydrogen) atoms. The van der Waals surface area contributed by atoms with E-state index in [9.17, 15) is 4.57 Å². The van der Waals surface area contributed by atoms with Crippen molar-refractivity contribution in [3.8, 4) is 5.75 Å². The lowest BCUT2D eigenvalue weighted by molar-refractivity contribution is 0.270. The van der Waals surface area contributed by atoms with Gasteiger partial charge in [-0.05, 0) is 26.0 Å². The van der Waals surface area contributed by atoms with E-state index in [4.69, 9.17) is 9.05 Å². The summed E-state index contributed by atoms with van der Waals surface area (Å²) in [6, 6.07) is 9.01. The fourth-order valence-electron chi connectivity index (χ4n) is 1.35. The van der Waals surface area contributed by atoms with Crippen LogP contribution in [0.5, 0.6) is 5.75 Å². The molecule has 82 valence electrons. The highest BCUT2D eigenvalue weighted by molar-refractivity contribution is 7.52. The first kappa shape index (κ1) is 10.7. The Morgan fingerprint density at radius 2 is 2.07 bits per heavy atom. The van der Waals surface area contributed by atoms with Crippen LogP contribution in [-0.4, -0.2) is 12.1 Å². The normalized spacial score (nSPS) is 28.9. The Morgan fingerprint density at radius 3 is 2.60 bits per heavy atom. The lowest BCUT2D eigenvalue weighted by atomic mass is 10.1. The zero-order chi connectivity index (χ0) is 10.9. The Bertz CT molecular complexity index is 391. The van der Waals surface area contributed by atoms with Gasteiger partial charge in [0.1, 0.15) is 5.75 Å². The van der Waals surface area contributed by atoms with Crippen molar-refractivity contribution < 1.29 is 13.6 Å². The summed E-state index contributed by atoms with van der Waals surface area (Å²) in [5.74, 6) is 0.547. The lowest BCUT2D eigenvalue weighted by Crippen LogP contribution is -2.33. The summed E-state index contributed by atoms with van der Waals surface area (Å²) >= 11 is 0. The third kappa shape index (κ3) is 2.59. The van der Waals surface area contributed by atoms with Crippen molar-refractivity contribution in [1.29, 1.82) is 0 Å². The van der Waals surface area contributed by atoms with E-state index in [2.05, 4.69) is 5.09 Å². The van der Waals surface area contributed by atoms with Crippen LogP contribution in [0.25, 0.3) is 0 Å². The molecule has 1 aromatic rings. The van der Waals surface area contributed by atoms with Crippen LogP contribution < -0.4 is 9.61 Å². The van der Waals surface area contributed by atoms with Crippen LogP contribution in [0.1, 0.15) is 13.8 Å². The number of hydrogen-bond donors (Lipinski definition) is 1. The summed E-state index contributed by atoms with van der Waals surface area (Å²) < 4.78 is 22.5. The fourth-order valence-corrected chi connectivity index (χ4v) is 3.21. The maximum Gasteiger partial charge on any atom is 0.459 e. The number of para-hydroxylation sites is 1. The largest absolute Gasteiger partial charge is 0.459 e. The van der Waals surface area contributed by atoms with Gasteiger partial charge in [0.2, 0.25) is 0 Å². The molecule has 0 radical (unpaired) electrons. The summed E-state index contributed by atoms with van der Waals surface area (Å²) in [6.07, 6.45) is 0. The molecule has 1 aliphatic rings. The fraction of sp³-hybridized carbons (Fsp3) is 0.400. The van der Waals surface area contributed by atoms with Gasteiger partial charge in [-0.25, -0.2) is 9.65 Å². The second kappa shape index (κ2) is 3.63. The molecule has 0 aromatic heterocycles. The van der Waals surface area contributed by atoms with Crippen LogP contribution in [-0.2, 0) is 9.09 Å². The van der Waals surface area contributed by atoms with Gasteiger partial charge < -0.3 is 4.52 Å². The summed E-state index contributed by atoms with van der Waals surface area (Å²) in [5.41, 5.74) is -0.301. The average molecular weight is 227 g/mol. The van der Waals surface area contributed by atoms with Gasteiger partial charge in [-0.2, -0.15) is 0 Å². The first-order valence-electron chi connectivity index (χ1n) is 4.78. The third-order valence-electron chi connectivity index (χ3n) is 2.00. The van der Waals surface area contributed by atoms with Gasteiger partial charge in [-0.15, -0.1) is 0 Å². The molecule has 0 amide bonds. The molecule has 4 nitrogen and oxygen atoms in total. The monoisotopic (exact) mass is 227 g/mol. The highest BCUT2D eigenvalue weighted by Gasteiger charge is 2.42. The van der Waals surface area contributed by atoms with E-state index in [1.54, 1.807) is 12.1 Å². The van der Waals surface area contributed by atoms with E-state index in [0.717, 1.165) is 0 Å². The first-order chi connectivity index (χ1) is 6.99. The molecular weight excluding hydrogens is 213 g/mol. The molecular formula is C10H14NO3P. The predicted octanol–water partition coefficient (Wildman–Crippen LogP) is 2.57. The molecule has 0 bridgehead atoms. The van der Waals surface area contributed by atoms with Crippen molar-refractivity contribution >= 4 is 7.75 Å². The molecule has 1 heterocycles. The molecule has 0 saturated carbocycles. The smallest absolute Gasteiger partial charge is 0.413 e. The van der Waals surface area contributed by atoms with Gasteiger partial charge in [0.05, 0.1) is 6.61 Å². The van der Waals surface area contributed by atoms with Crippen LogP contribution in [0.4, 0.5) is 0 Å². The van der Waals surface area contributed by atoms with E-state index >= 15 is 0 Å². The SMILES string of the molecule is CC1(C)CO[P@](=O)(Oc2ccccc2)N1. The Labute approximate surface area is 89.2 Å². The predicted molar refractivity (Wildman–Crippen MR) is 57.8 cm³/mol. The van der Waals surface area contributed by atoms with Crippen LogP contribution in [0.2, 0.25) is 0 Å². The van der Waals surface area contributed by atoms with Crippen molar-refractivity contribution in [3.63, 3.8) is 0 Å². The Kier molecular flexibility index (Phi) is 2.59. The average Bonchev–Trinajstić information content (AvgIpc) is 2.42. The minimum atomic E-state index is -3.16. The molecule has 1 saturated heterocycles. The van der Waals surface area contributed by atoms with Crippen molar-refractivity contribution in [2.45, 2.75) is 19.4 Å². The van der Waals surface area contributed by atoms with Crippen LogP contribution >= 0.6 is 7.75 Å². The molecule has 1 fully saturated rings. The molecule has 0 aliphatic carbocycles. The molecule has 5 heteroatoms. The van der Waals surface area contributed by atoms with E-state index in [1.807, 2.05) is 32.0 Å². The van der Waals surface area contributed by atoms with Crippen molar-refractivity contribution in [2.75, 3.05) is 6.61 Å². The number of nitrogens with one attached hydrogen (secondary N) is 1. The Hall–Kier alpha value is -0.830. The second-order valence-corrected chi connectivity index (χ2v) is 5.83. The summed E-state index contributed by atoms with van der Waals surface area (Å²) in [7, 11) is -3.16.